The fraction of sp³-hybridized carbons (Fsp3) is 0.353. The normalized spacial score (nSPS) is 11.2. The van der Waals surface area contributed by atoms with Crippen molar-refractivity contribution in [2.45, 2.75) is 13.3 Å². The van der Waals surface area contributed by atoms with Gasteiger partial charge in [-0.25, -0.2) is 4.98 Å². The maximum atomic E-state index is 11.9. The lowest BCUT2D eigenvalue weighted by Gasteiger charge is -2.12. The first kappa shape index (κ1) is 17.9. The molecule has 0 unspecified atom stereocenters. The van der Waals surface area contributed by atoms with Crippen LogP contribution in [0, 0.1) is 6.92 Å². The van der Waals surface area contributed by atoms with Gasteiger partial charge in [-0.1, -0.05) is 18.2 Å². The molecule has 3 N–H and O–H groups in total. The van der Waals surface area contributed by atoms with Crippen LogP contribution < -0.4 is 16.0 Å². The Morgan fingerprint density at radius 2 is 1.83 bits per heavy atom. The molecule has 1 amide bonds. The maximum absolute atomic E-state index is 11.9. The zero-order valence-corrected chi connectivity index (χ0v) is 14.8. The number of nitrogens with one attached hydrogen (secondary N) is 3. The molecule has 2 rings (SSSR count). The maximum Gasteiger partial charge on any atom is 0.251 e. The number of carbonyl (C=O) groups excluding carboxylic acids is 1. The molecule has 24 heavy (non-hydrogen) atoms. The van der Waals surface area contributed by atoms with Gasteiger partial charge in [-0.15, -0.1) is 11.3 Å². The molecule has 0 atom stereocenters. The van der Waals surface area contributed by atoms with Crippen molar-refractivity contribution in [3.63, 3.8) is 0 Å². The van der Waals surface area contributed by atoms with Crippen LogP contribution >= 0.6 is 11.3 Å². The molecule has 0 spiro atoms. The Bertz CT molecular complexity index is 669. The first-order chi connectivity index (χ1) is 11.7. The van der Waals surface area contributed by atoms with E-state index in [1.165, 1.54) is 4.88 Å². The quantitative estimate of drug-likeness (QED) is 0.404. The average molecular weight is 345 g/mol. The van der Waals surface area contributed by atoms with E-state index in [9.17, 15) is 4.79 Å². The predicted molar refractivity (Wildman–Crippen MR) is 98.7 cm³/mol. The number of thiazole rings is 1. The number of aromatic nitrogens is 1. The second-order valence-corrected chi connectivity index (χ2v) is 6.48. The predicted octanol–water partition coefficient (Wildman–Crippen LogP) is 1.59. The van der Waals surface area contributed by atoms with Gasteiger partial charge in [0.05, 0.1) is 5.01 Å². The van der Waals surface area contributed by atoms with E-state index >= 15 is 0 Å². The highest BCUT2D eigenvalue weighted by molar-refractivity contribution is 7.11. The minimum Gasteiger partial charge on any atom is -0.356 e. The third-order valence-electron chi connectivity index (χ3n) is 3.26. The summed E-state index contributed by atoms with van der Waals surface area (Å²) in [4.78, 5) is 21.6. The number of amides is 1. The van der Waals surface area contributed by atoms with Gasteiger partial charge in [0.1, 0.15) is 0 Å². The van der Waals surface area contributed by atoms with Gasteiger partial charge in [-0.2, -0.15) is 0 Å². The number of aliphatic imine (C=N–C) groups is 1. The largest absolute Gasteiger partial charge is 0.356 e. The first-order valence-electron chi connectivity index (χ1n) is 7.88. The van der Waals surface area contributed by atoms with Gasteiger partial charge < -0.3 is 16.0 Å². The number of aryl methyl sites for hydroxylation is 1. The third-order valence-corrected chi connectivity index (χ3v) is 4.24. The molecule has 2 aromatic rings. The van der Waals surface area contributed by atoms with E-state index in [-0.39, 0.29) is 5.91 Å². The lowest BCUT2D eigenvalue weighted by atomic mass is 10.2. The van der Waals surface area contributed by atoms with Crippen LogP contribution in [0.4, 0.5) is 0 Å². The van der Waals surface area contributed by atoms with Gasteiger partial charge in [0.15, 0.2) is 5.96 Å². The van der Waals surface area contributed by atoms with Crippen molar-refractivity contribution >= 4 is 23.2 Å². The molecule has 1 aromatic heterocycles. The molecule has 0 aliphatic carbocycles. The Balaban J connectivity index is 1.62. The van der Waals surface area contributed by atoms with E-state index in [4.69, 9.17) is 0 Å². The number of guanidine groups is 1. The molecule has 1 heterocycles. The Kier molecular flexibility index (Phi) is 7.22. The van der Waals surface area contributed by atoms with E-state index in [1.54, 1.807) is 30.5 Å². The highest BCUT2D eigenvalue weighted by Gasteiger charge is 2.04. The van der Waals surface area contributed by atoms with Gasteiger partial charge in [-0.3, -0.25) is 9.79 Å². The average Bonchev–Trinajstić information content (AvgIpc) is 3.02. The molecule has 0 radical (unpaired) electrons. The summed E-state index contributed by atoms with van der Waals surface area (Å²) in [6, 6.07) is 9.18. The zero-order valence-electron chi connectivity index (χ0n) is 14.0. The van der Waals surface area contributed by atoms with Crippen LogP contribution in [-0.4, -0.2) is 43.5 Å². The SMILES string of the molecule is CN=C(NCCNC(=O)c1ccccc1)NCCc1ncc(C)s1. The van der Waals surface area contributed by atoms with Crippen LogP contribution in [-0.2, 0) is 6.42 Å². The molecule has 0 fully saturated rings. The monoisotopic (exact) mass is 345 g/mol. The van der Waals surface area contributed by atoms with Crippen molar-refractivity contribution < 1.29 is 4.79 Å². The van der Waals surface area contributed by atoms with E-state index < -0.39 is 0 Å². The zero-order chi connectivity index (χ0) is 17.2. The minimum atomic E-state index is -0.0699. The van der Waals surface area contributed by atoms with Crippen LogP contribution in [0.25, 0.3) is 0 Å². The lowest BCUT2D eigenvalue weighted by molar-refractivity contribution is 0.0954. The molecular weight excluding hydrogens is 322 g/mol. The summed E-state index contributed by atoms with van der Waals surface area (Å²) in [6.45, 7) is 3.95. The van der Waals surface area contributed by atoms with E-state index in [0.717, 1.165) is 23.9 Å². The summed E-state index contributed by atoms with van der Waals surface area (Å²) in [5.41, 5.74) is 0.666. The van der Waals surface area contributed by atoms with Crippen molar-refractivity contribution in [1.29, 1.82) is 0 Å². The van der Waals surface area contributed by atoms with Crippen LogP contribution in [0.3, 0.4) is 0 Å². The van der Waals surface area contributed by atoms with Crippen LogP contribution in [0.1, 0.15) is 20.2 Å². The Hall–Kier alpha value is -2.41. The summed E-state index contributed by atoms with van der Waals surface area (Å²) >= 11 is 1.71. The number of carbonyl (C=O) groups is 1. The van der Waals surface area contributed by atoms with Crippen molar-refractivity contribution in [3.8, 4) is 0 Å². The smallest absolute Gasteiger partial charge is 0.251 e. The van der Waals surface area contributed by atoms with Gasteiger partial charge in [0.25, 0.3) is 5.91 Å². The molecule has 0 bridgehead atoms. The standard InChI is InChI=1S/C17H23N5OS/c1-13-12-22-15(24-13)8-9-20-17(18-2)21-11-10-19-16(23)14-6-4-3-5-7-14/h3-7,12H,8-11H2,1-2H3,(H,19,23)(H2,18,20,21). The van der Waals surface area contributed by atoms with E-state index in [1.807, 2.05) is 24.4 Å². The molecule has 7 heteroatoms. The molecule has 0 aliphatic heterocycles. The Labute approximate surface area is 146 Å². The molecule has 0 saturated carbocycles. The highest BCUT2D eigenvalue weighted by atomic mass is 32.1. The highest BCUT2D eigenvalue weighted by Crippen LogP contribution is 2.10. The second-order valence-electron chi connectivity index (χ2n) is 5.16. The van der Waals surface area contributed by atoms with Crippen molar-refractivity contribution in [1.82, 2.24) is 20.9 Å². The van der Waals surface area contributed by atoms with Crippen molar-refractivity contribution in [2.24, 2.45) is 4.99 Å². The second kappa shape index (κ2) is 9.67. The molecule has 1 aromatic carbocycles. The van der Waals surface area contributed by atoms with Gasteiger partial charge >= 0.3 is 0 Å². The summed E-state index contributed by atoms with van der Waals surface area (Å²) in [5, 5.41) is 10.4. The van der Waals surface area contributed by atoms with Crippen molar-refractivity contribution in [3.05, 3.63) is 52.0 Å². The Morgan fingerprint density at radius 3 is 2.50 bits per heavy atom. The Morgan fingerprint density at radius 1 is 1.12 bits per heavy atom. The lowest BCUT2D eigenvalue weighted by Crippen LogP contribution is -2.42. The summed E-state index contributed by atoms with van der Waals surface area (Å²) in [6.07, 6.45) is 2.76. The fourth-order valence-corrected chi connectivity index (χ4v) is 2.86. The molecular formula is C17H23N5OS. The van der Waals surface area contributed by atoms with E-state index in [2.05, 4.69) is 32.9 Å². The number of hydrogen-bond donors (Lipinski definition) is 3. The molecule has 128 valence electrons. The van der Waals surface area contributed by atoms with Crippen LogP contribution in [0.5, 0.6) is 0 Å². The number of benzene rings is 1. The van der Waals surface area contributed by atoms with E-state index in [0.29, 0.717) is 18.7 Å². The fourth-order valence-electron chi connectivity index (χ4n) is 2.07. The molecule has 0 aliphatic rings. The van der Waals surface area contributed by atoms with Gasteiger partial charge in [0, 0.05) is 49.7 Å². The van der Waals surface area contributed by atoms with Crippen LogP contribution in [0.15, 0.2) is 41.5 Å². The summed E-state index contributed by atoms with van der Waals surface area (Å²) < 4.78 is 0. The van der Waals surface area contributed by atoms with Gasteiger partial charge in [0.2, 0.25) is 0 Å². The van der Waals surface area contributed by atoms with Gasteiger partial charge in [-0.05, 0) is 19.1 Å². The molecule has 0 saturated heterocycles. The summed E-state index contributed by atoms with van der Waals surface area (Å²) in [7, 11) is 1.73. The first-order valence-corrected chi connectivity index (χ1v) is 8.70. The minimum absolute atomic E-state index is 0.0699. The number of hydrogen-bond acceptors (Lipinski definition) is 4. The van der Waals surface area contributed by atoms with Crippen molar-refractivity contribution in [2.75, 3.05) is 26.7 Å². The topological polar surface area (TPSA) is 78.4 Å². The summed E-state index contributed by atoms with van der Waals surface area (Å²) in [5.74, 6) is 0.650. The molecule has 6 nitrogen and oxygen atoms in total. The van der Waals surface area contributed by atoms with Crippen LogP contribution in [0.2, 0.25) is 0 Å². The number of rotatable bonds is 7. The third kappa shape index (κ3) is 6.00. The number of nitrogens with zero attached hydrogens (tertiary/aromatic N) is 2.